The standard InChI is InChI=1S/C18H22N4OS/c1-20-11-8-15(12-20)21-9-5-10-22(18(21)23)17-19-16(13-24-17)14-6-3-2-4-7-14/h2-4,6-7,13,15H,5,8-12H2,1H3/t15-/m1/s1. The van der Waals surface area contributed by atoms with Gasteiger partial charge in [-0.3, -0.25) is 4.90 Å². The van der Waals surface area contributed by atoms with Gasteiger partial charge in [0.2, 0.25) is 0 Å². The number of hydrogen-bond acceptors (Lipinski definition) is 4. The predicted octanol–water partition coefficient (Wildman–Crippen LogP) is 3.15. The van der Waals surface area contributed by atoms with E-state index in [9.17, 15) is 4.79 Å². The van der Waals surface area contributed by atoms with Crippen molar-refractivity contribution < 1.29 is 4.79 Å². The molecule has 3 heterocycles. The third-order valence-corrected chi connectivity index (χ3v) is 5.72. The average molecular weight is 342 g/mol. The maximum atomic E-state index is 13.0. The summed E-state index contributed by atoms with van der Waals surface area (Å²) < 4.78 is 0. The molecular formula is C18H22N4OS. The maximum Gasteiger partial charge on any atom is 0.326 e. The zero-order chi connectivity index (χ0) is 16.5. The smallest absolute Gasteiger partial charge is 0.320 e. The van der Waals surface area contributed by atoms with Gasteiger partial charge in [0.15, 0.2) is 5.13 Å². The fourth-order valence-corrected chi connectivity index (χ4v) is 4.41. The quantitative estimate of drug-likeness (QED) is 0.860. The minimum absolute atomic E-state index is 0.121. The van der Waals surface area contributed by atoms with Crippen LogP contribution in [0.5, 0.6) is 0 Å². The van der Waals surface area contributed by atoms with E-state index in [0.29, 0.717) is 6.04 Å². The number of hydrogen-bond donors (Lipinski definition) is 0. The highest BCUT2D eigenvalue weighted by Crippen LogP contribution is 2.30. The third-order valence-electron chi connectivity index (χ3n) is 4.86. The highest BCUT2D eigenvalue weighted by atomic mass is 32.1. The van der Waals surface area contributed by atoms with Crippen molar-refractivity contribution in [1.82, 2.24) is 14.8 Å². The molecule has 0 bridgehead atoms. The third kappa shape index (κ3) is 2.91. The highest BCUT2D eigenvalue weighted by Gasteiger charge is 2.35. The van der Waals surface area contributed by atoms with Crippen molar-refractivity contribution >= 4 is 22.5 Å². The first-order valence-electron chi connectivity index (χ1n) is 8.50. The van der Waals surface area contributed by atoms with Crippen LogP contribution < -0.4 is 4.90 Å². The van der Waals surface area contributed by atoms with Crippen LogP contribution in [0.1, 0.15) is 12.8 Å². The Balaban J connectivity index is 1.53. The van der Waals surface area contributed by atoms with Gasteiger partial charge in [-0.1, -0.05) is 30.3 Å². The largest absolute Gasteiger partial charge is 0.326 e. The van der Waals surface area contributed by atoms with Crippen molar-refractivity contribution in [1.29, 1.82) is 0 Å². The van der Waals surface area contributed by atoms with E-state index >= 15 is 0 Å². The van der Waals surface area contributed by atoms with E-state index in [1.165, 1.54) is 0 Å². The molecule has 126 valence electrons. The van der Waals surface area contributed by atoms with Crippen LogP contribution in [-0.2, 0) is 0 Å². The number of rotatable bonds is 3. The number of carbonyl (C=O) groups is 1. The van der Waals surface area contributed by atoms with Crippen molar-refractivity contribution in [2.75, 3.05) is 38.1 Å². The van der Waals surface area contributed by atoms with Gasteiger partial charge in [0.1, 0.15) is 0 Å². The summed E-state index contributed by atoms with van der Waals surface area (Å²) in [7, 11) is 2.12. The number of thiazole rings is 1. The normalized spacial score (nSPS) is 22.4. The van der Waals surface area contributed by atoms with Gasteiger partial charge in [0, 0.05) is 36.6 Å². The van der Waals surface area contributed by atoms with Crippen LogP contribution in [0.4, 0.5) is 9.93 Å². The Bertz CT molecular complexity index is 717. The van der Waals surface area contributed by atoms with Crippen molar-refractivity contribution in [3.05, 3.63) is 35.7 Å². The molecule has 0 unspecified atom stereocenters. The second kappa shape index (κ2) is 6.53. The first-order chi connectivity index (χ1) is 11.7. The SMILES string of the molecule is CN1CC[C@@H](N2CCCN(c3nc(-c4ccccc4)cs3)C2=O)C1. The molecule has 2 saturated heterocycles. The Kier molecular flexibility index (Phi) is 4.24. The van der Waals surface area contributed by atoms with Crippen LogP contribution in [0.25, 0.3) is 11.3 Å². The summed E-state index contributed by atoms with van der Waals surface area (Å²) in [6.45, 7) is 3.68. The van der Waals surface area contributed by atoms with E-state index in [0.717, 1.165) is 55.4 Å². The topological polar surface area (TPSA) is 39.7 Å². The highest BCUT2D eigenvalue weighted by molar-refractivity contribution is 7.14. The zero-order valence-corrected chi connectivity index (χ0v) is 14.7. The molecule has 6 heteroatoms. The number of nitrogens with zero attached hydrogens (tertiary/aromatic N) is 4. The lowest BCUT2D eigenvalue weighted by Gasteiger charge is -2.37. The van der Waals surface area contributed by atoms with E-state index in [4.69, 9.17) is 4.98 Å². The predicted molar refractivity (Wildman–Crippen MR) is 97.5 cm³/mol. The Morgan fingerprint density at radius 3 is 2.75 bits per heavy atom. The van der Waals surface area contributed by atoms with Gasteiger partial charge >= 0.3 is 6.03 Å². The molecule has 0 radical (unpaired) electrons. The van der Waals surface area contributed by atoms with E-state index < -0.39 is 0 Å². The van der Waals surface area contributed by atoms with Crippen LogP contribution in [0.2, 0.25) is 0 Å². The van der Waals surface area contributed by atoms with Crippen LogP contribution in [0, 0.1) is 0 Å². The number of carbonyl (C=O) groups excluding carboxylic acids is 1. The molecule has 2 fully saturated rings. The second-order valence-electron chi connectivity index (χ2n) is 6.57. The van der Waals surface area contributed by atoms with E-state index in [-0.39, 0.29) is 6.03 Å². The molecular weight excluding hydrogens is 320 g/mol. The van der Waals surface area contributed by atoms with Gasteiger partial charge in [-0.05, 0) is 26.4 Å². The van der Waals surface area contributed by atoms with Gasteiger partial charge < -0.3 is 9.80 Å². The van der Waals surface area contributed by atoms with Crippen molar-refractivity contribution in [2.45, 2.75) is 18.9 Å². The first kappa shape index (κ1) is 15.6. The fourth-order valence-electron chi connectivity index (χ4n) is 3.56. The summed E-state index contributed by atoms with van der Waals surface area (Å²) in [6.07, 6.45) is 2.08. The Hall–Kier alpha value is -1.92. The molecule has 2 amide bonds. The lowest BCUT2D eigenvalue weighted by molar-refractivity contribution is 0.171. The summed E-state index contributed by atoms with van der Waals surface area (Å²) in [6, 6.07) is 10.6. The average Bonchev–Trinajstić information content (AvgIpc) is 3.25. The summed E-state index contributed by atoms with van der Waals surface area (Å²) >= 11 is 1.56. The fraction of sp³-hybridized carbons (Fsp3) is 0.444. The Labute approximate surface area is 146 Å². The number of anilines is 1. The molecule has 2 aliphatic rings. The van der Waals surface area contributed by atoms with E-state index in [1.807, 2.05) is 28.5 Å². The Morgan fingerprint density at radius 1 is 1.17 bits per heavy atom. The van der Waals surface area contributed by atoms with Crippen molar-refractivity contribution in [3.63, 3.8) is 0 Å². The van der Waals surface area contributed by atoms with Crippen LogP contribution in [0.3, 0.4) is 0 Å². The van der Waals surface area contributed by atoms with E-state index in [1.54, 1.807) is 11.3 Å². The number of likely N-dealkylation sites (tertiary alicyclic amines) is 1. The minimum Gasteiger partial charge on any atom is -0.320 e. The van der Waals surface area contributed by atoms with E-state index in [2.05, 4.69) is 29.0 Å². The molecule has 2 aromatic rings. The number of urea groups is 1. The van der Waals surface area contributed by atoms with Crippen LogP contribution in [-0.4, -0.2) is 60.1 Å². The molecule has 0 N–H and O–H groups in total. The van der Waals surface area contributed by atoms with Crippen LogP contribution in [0.15, 0.2) is 35.7 Å². The molecule has 4 rings (SSSR count). The lowest BCUT2D eigenvalue weighted by atomic mass is 10.2. The molecule has 24 heavy (non-hydrogen) atoms. The molecule has 0 saturated carbocycles. The maximum absolute atomic E-state index is 13.0. The second-order valence-corrected chi connectivity index (χ2v) is 7.40. The summed E-state index contributed by atoms with van der Waals surface area (Å²) in [5.74, 6) is 0. The number of aromatic nitrogens is 1. The molecule has 1 aromatic carbocycles. The van der Waals surface area contributed by atoms with Crippen molar-refractivity contribution in [3.8, 4) is 11.3 Å². The minimum atomic E-state index is 0.121. The summed E-state index contributed by atoms with van der Waals surface area (Å²) in [5, 5.41) is 2.86. The zero-order valence-electron chi connectivity index (χ0n) is 13.9. The molecule has 1 aromatic heterocycles. The molecule has 0 spiro atoms. The van der Waals surface area contributed by atoms with Gasteiger partial charge in [0.05, 0.1) is 5.69 Å². The van der Waals surface area contributed by atoms with Gasteiger partial charge in [-0.2, -0.15) is 0 Å². The molecule has 2 aliphatic heterocycles. The number of benzene rings is 1. The van der Waals surface area contributed by atoms with Gasteiger partial charge in [-0.25, -0.2) is 9.78 Å². The lowest BCUT2D eigenvalue weighted by Crippen LogP contribution is -2.54. The van der Waals surface area contributed by atoms with Gasteiger partial charge in [-0.15, -0.1) is 11.3 Å². The number of likely N-dealkylation sites (N-methyl/N-ethyl adjacent to an activating group) is 1. The molecule has 1 atom stereocenters. The number of amides is 2. The monoisotopic (exact) mass is 342 g/mol. The summed E-state index contributed by atoms with van der Waals surface area (Å²) in [4.78, 5) is 23.9. The van der Waals surface area contributed by atoms with Crippen molar-refractivity contribution in [2.24, 2.45) is 0 Å². The molecule has 0 aliphatic carbocycles. The Morgan fingerprint density at radius 2 is 2.00 bits per heavy atom. The first-order valence-corrected chi connectivity index (χ1v) is 9.38. The molecule has 5 nitrogen and oxygen atoms in total. The van der Waals surface area contributed by atoms with Crippen LogP contribution >= 0.6 is 11.3 Å². The summed E-state index contributed by atoms with van der Waals surface area (Å²) in [5.41, 5.74) is 2.04. The van der Waals surface area contributed by atoms with Gasteiger partial charge in [0.25, 0.3) is 0 Å².